The molecule has 0 amide bonds. The third-order valence-corrected chi connectivity index (χ3v) is 2.60. The zero-order chi connectivity index (χ0) is 11.3. The summed E-state index contributed by atoms with van der Waals surface area (Å²) < 4.78 is 29.8. The van der Waals surface area contributed by atoms with Crippen molar-refractivity contribution >= 4 is 27.8 Å². The highest BCUT2D eigenvalue weighted by Gasteiger charge is 2.05. The zero-order valence-corrected chi connectivity index (χ0v) is 9.50. The fraction of sp³-hybridized carbons (Fsp3) is 0.200. The predicted molar refractivity (Wildman–Crippen MR) is 61.4 cm³/mol. The van der Waals surface area contributed by atoms with Gasteiger partial charge in [-0.2, -0.15) is 8.42 Å². The SMILES string of the molecule is O=S(=O)(O)Cc1ccc(/C=C/CCl)cc1. The van der Waals surface area contributed by atoms with E-state index in [2.05, 4.69) is 0 Å². The monoisotopic (exact) mass is 246 g/mol. The summed E-state index contributed by atoms with van der Waals surface area (Å²) in [4.78, 5) is 0. The van der Waals surface area contributed by atoms with Gasteiger partial charge < -0.3 is 0 Å². The van der Waals surface area contributed by atoms with Crippen molar-refractivity contribution in [1.29, 1.82) is 0 Å². The van der Waals surface area contributed by atoms with E-state index in [4.69, 9.17) is 16.2 Å². The second kappa shape index (κ2) is 5.30. The maximum atomic E-state index is 10.6. The van der Waals surface area contributed by atoms with Crippen molar-refractivity contribution < 1.29 is 13.0 Å². The Morgan fingerprint density at radius 1 is 1.27 bits per heavy atom. The van der Waals surface area contributed by atoms with Crippen LogP contribution in [0.4, 0.5) is 0 Å². The minimum atomic E-state index is -3.95. The molecule has 0 aliphatic rings. The third-order valence-electron chi connectivity index (χ3n) is 1.73. The number of alkyl halides is 1. The second-order valence-electron chi connectivity index (χ2n) is 3.02. The van der Waals surface area contributed by atoms with E-state index in [1.165, 1.54) is 0 Å². The molecule has 0 bridgehead atoms. The quantitative estimate of drug-likeness (QED) is 0.655. The molecular weight excluding hydrogens is 236 g/mol. The molecule has 0 spiro atoms. The smallest absolute Gasteiger partial charge is 0.269 e. The van der Waals surface area contributed by atoms with Crippen molar-refractivity contribution in [3.63, 3.8) is 0 Å². The molecule has 1 rings (SSSR count). The van der Waals surface area contributed by atoms with Crippen molar-refractivity contribution in [2.75, 3.05) is 5.88 Å². The normalized spacial score (nSPS) is 12.1. The molecule has 0 unspecified atom stereocenters. The standard InChI is InChI=1S/C10H11ClO3S/c11-7-1-2-9-3-5-10(6-4-9)8-15(12,13)14/h1-6H,7-8H2,(H,12,13,14)/b2-1+. The van der Waals surface area contributed by atoms with Crippen LogP contribution < -0.4 is 0 Å². The molecule has 0 radical (unpaired) electrons. The van der Waals surface area contributed by atoms with E-state index in [1.54, 1.807) is 30.3 Å². The number of halogens is 1. The van der Waals surface area contributed by atoms with Crippen molar-refractivity contribution in [3.05, 3.63) is 41.5 Å². The van der Waals surface area contributed by atoms with Crippen LogP contribution in [0.1, 0.15) is 11.1 Å². The van der Waals surface area contributed by atoms with Crippen LogP contribution in [0.15, 0.2) is 30.3 Å². The summed E-state index contributed by atoms with van der Waals surface area (Å²) in [6.45, 7) is 0. The summed E-state index contributed by atoms with van der Waals surface area (Å²) in [5.74, 6) is 0.0826. The van der Waals surface area contributed by atoms with Crippen LogP contribution in [0.5, 0.6) is 0 Å². The fourth-order valence-corrected chi connectivity index (χ4v) is 1.82. The average molecular weight is 247 g/mol. The van der Waals surface area contributed by atoms with E-state index in [-0.39, 0.29) is 5.75 Å². The van der Waals surface area contributed by atoms with Gasteiger partial charge in [0.15, 0.2) is 0 Å². The van der Waals surface area contributed by atoms with Crippen LogP contribution in [-0.2, 0) is 15.9 Å². The van der Waals surface area contributed by atoms with Crippen LogP contribution in [0.3, 0.4) is 0 Å². The number of rotatable bonds is 4. The lowest BCUT2D eigenvalue weighted by molar-refractivity contribution is 0.482. The Morgan fingerprint density at radius 2 is 1.87 bits per heavy atom. The molecule has 0 saturated heterocycles. The summed E-state index contributed by atoms with van der Waals surface area (Å²) in [6.07, 6.45) is 3.63. The number of benzene rings is 1. The summed E-state index contributed by atoms with van der Waals surface area (Å²) in [5.41, 5.74) is 1.50. The van der Waals surface area contributed by atoms with Crippen molar-refractivity contribution in [2.45, 2.75) is 5.75 Å². The highest BCUT2D eigenvalue weighted by molar-refractivity contribution is 7.85. The second-order valence-corrected chi connectivity index (χ2v) is 4.79. The Labute approximate surface area is 94.1 Å². The molecular formula is C10H11ClO3S. The average Bonchev–Trinajstić information content (AvgIpc) is 2.14. The first kappa shape index (κ1) is 12.2. The zero-order valence-electron chi connectivity index (χ0n) is 7.93. The van der Waals surface area contributed by atoms with Gasteiger partial charge in [0.1, 0.15) is 5.75 Å². The summed E-state index contributed by atoms with van der Waals surface area (Å²) >= 11 is 5.47. The first-order chi connectivity index (χ1) is 7.01. The maximum Gasteiger partial charge on any atom is 0.269 e. The van der Waals surface area contributed by atoms with Crippen LogP contribution in [0, 0.1) is 0 Å². The van der Waals surface area contributed by atoms with Gasteiger partial charge in [0.25, 0.3) is 10.1 Å². The molecule has 0 atom stereocenters. The van der Waals surface area contributed by atoms with Crippen LogP contribution in [-0.4, -0.2) is 18.9 Å². The molecule has 0 aromatic heterocycles. The number of hydrogen-bond donors (Lipinski definition) is 1. The van der Waals surface area contributed by atoms with Gasteiger partial charge in [-0.25, -0.2) is 0 Å². The number of allylic oxidation sites excluding steroid dienone is 1. The van der Waals surface area contributed by atoms with Crippen molar-refractivity contribution in [2.24, 2.45) is 0 Å². The Bertz CT molecular complexity index is 434. The van der Waals surface area contributed by atoms with Crippen molar-refractivity contribution in [1.82, 2.24) is 0 Å². The molecule has 1 aromatic rings. The molecule has 82 valence electrons. The van der Waals surface area contributed by atoms with E-state index in [9.17, 15) is 8.42 Å². The first-order valence-corrected chi connectivity index (χ1v) is 6.42. The Balaban J connectivity index is 2.77. The molecule has 5 heteroatoms. The Kier molecular flexibility index (Phi) is 4.32. The molecule has 3 nitrogen and oxygen atoms in total. The van der Waals surface area contributed by atoms with E-state index >= 15 is 0 Å². The largest absolute Gasteiger partial charge is 0.285 e. The molecule has 0 aliphatic carbocycles. The molecule has 15 heavy (non-hydrogen) atoms. The van der Waals surface area contributed by atoms with E-state index < -0.39 is 10.1 Å². The lowest BCUT2D eigenvalue weighted by Crippen LogP contribution is -2.01. The number of hydrogen-bond acceptors (Lipinski definition) is 2. The minimum Gasteiger partial charge on any atom is -0.285 e. The van der Waals surface area contributed by atoms with Gasteiger partial charge in [0, 0.05) is 5.88 Å². The lowest BCUT2D eigenvalue weighted by atomic mass is 10.1. The molecule has 0 heterocycles. The van der Waals surface area contributed by atoms with Crippen LogP contribution in [0.25, 0.3) is 6.08 Å². The predicted octanol–water partition coefficient (Wildman–Crippen LogP) is 2.33. The third kappa shape index (κ3) is 4.97. The van der Waals surface area contributed by atoms with Gasteiger partial charge >= 0.3 is 0 Å². The topological polar surface area (TPSA) is 54.4 Å². The van der Waals surface area contributed by atoms with Crippen molar-refractivity contribution in [3.8, 4) is 0 Å². The van der Waals surface area contributed by atoms with E-state index in [1.807, 2.05) is 6.08 Å². The van der Waals surface area contributed by atoms with Gasteiger partial charge in [-0.15, -0.1) is 11.6 Å². The van der Waals surface area contributed by atoms with Gasteiger partial charge in [-0.1, -0.05) is 36.4 Å². The summed E-state index contributed by atoms with van der Waals surface area (Å²) in [5, 5.41) is 0. The molecule has 1 N–H and O–H groups in total. The molecule has 0 fully saturated rings. The fourth-order valence-electron chi connectivity index (χ4n) is 1.12. The summed E-state index contributed by atoms with van der Waals surface area (Å²) in [6, 6.07) is 6.84. The highest BCUT2D eigenvalue weighted by atomic mass is 35.5. The van der Waals surface area contributed by atoms with Crippen LogP contribution in [0.2, 0.25) is 0 Å². The first-order valence-electron chi connectivity index (χ1n) is 4.28. The highest BCUT2D eigenvalue weighted by Crippen LogP contribution is 2.09. The minimum absolute atomic E-state index is 0.355. The Hall–Kier alpha value is -0.840. The van der Waals surface area contributed by atoms with Gasteiger partial charge in [0.2, 0.25) is 0 Å². The van der Waals surface area contributed by atoms with Gasteiger partial charge in [-0.05, 0) is 11.1 Å². The van der Waals surface area contributed by atoms with Gasteiger partial charge in [-0.3, -0.25) is 4.55 Å². The molecule has 0 saturated carbocycles. The Morgan fingerprint density at radius 3 is 2.33 bits per heavy atom. The molecule has 0 aliphatic heterocycles. The summed E-state index contributed by atoms with van der Waals surface area (Å²) in [7, 11) is -3.95. The van der Waals surface area contributed by atoms with E-state index in [0.717, 1.165) is 5.56 Å². The molecule has 1 aromatic carbocycles. The van der Waals surface area contributed by atoms with Gasteiger partial charge in [0.05, 0.1) is 0 Å². The lowest BCUT2D eigenvalue weighted by Gasteiger charge is -1.99. The van der Waals surface area contributed by atoms with E-state index in [0.29, 0.717) is 11.4 Å². The van der Waals surface area contributed by atoms with Crippen LogP contribution >= 0.6 is 11.6 Å². The maximum absolute atomic E-state index is 10.6.